The fourth-order valence-corrected chi connectivity index (χ4v) is 0.894. The maximum atomic E-state index is 10.5. The molecule has 0 saturated carbocycles. The van der Waals surface area contributed by atoms with E-state index in [-0.39, 0.29) is 17.1 Å². The quantitative estimate of drug-likeness (QED) is 0.247. The minimum absolute atomic E-state index is 0. The molecule has 0 aromatic heterocycles. The topological polar surface area (TPSA) is 226 Å². The van der Waals surface area contributed by atoms with Crippen LogP contribution in [0.4, 0.5) is 0 Å². The summed E-state index contributed by atoms with van der Waals surface area (Å²) in [6, 6.07) is 0. The molecule has 0 aliphatic carbocycles. The fourth-order valence-electron chi connectivity index (χ4n) is 0.298. The van der Waals surface area contributed by atoms with Crippen molar-refractivity contribution in [2.45, 2.75) is 0 Å². The predicted molar refractivity (Wildman–Crippen MR) is 117 cm³/mol. The first-order chi connectivity index (χ1) is 14.5. The van der Waals surface area contributed by atoms with Gasteiger partial charge in [-0.15, -0.1) is 0 Å². The van der Waals surface area contributed by atoms with Crippen LogP contribution in [0.5, 0.6) is 0 Å². The van der Waals surface area contributed by atoms with Gasteiger partial charge in [0.25, 0.3) is 0 Å². The molecule has 0 aromatic carbocycles. The molecule has 219 valence electrons. The summed E-state index contributed by atoms with van der Waals surface area (Å²) < 4.78 is 108. The van der Waals surface area contributed by atoms with Gasteiger partial charge in [-0.25, -0.2) is 0 Å². The van der Waals surface area contributed by atoms with E-state index in [0.29, 0.717) is 0 Å². The first-order valence-corrected chi connectivity index (χ1v) is 17.2. The van der Waals surface area contributed by atoms with E-state index in [1.54, 1.807) is 0 Å². The summed E-state index contributed by atoms with van der Waals surface area (Å²) >= 11 is 0. The van der Waals surface area contributed by atoms with Gasteiger partial charge in [0.1, 0.15) is 0 Å². The second-order valence-corrected chi connectivity index (χ2v) is 14.9. The van der Waals surface area contributed by atoms with Crippen LogP contribution in [-0.4, -0.2) is 97.5 Å². The van der Waals surface area contributed by atoms with Crippen molar-refractivity contribution in [1.82, 2.24) is 0 Å². The molecule has 34 heavy (non-hydrogen) atoms. The monoisotopic (exact) mass is 661 g/mol. The molecule has 0 heterocycles. The summed E-state index contributed by atoms with van der Waals surface area (Å²) in [5.74, 6) is 0. The van der Waals surface area contributed by atoms with E-state index < -0.39 is 40.6 Å². The van der Waals surface area contributed by atoms with Gasteiger partial charge in [-0.3, -0.25) is 18.3 Å². The predicted octanol–water partition coefficient (Wildman–Crippen LogP) is 1.55. The Morgan fingerprint density at radius 3 is 0.529 bits per heavy atom. The summed E-state index contributed by atoms with van der Waals surface area (Å²) in [7, 11) is -4.00. The molecule has 0 fully saturated rings. The van der Waals surface area contributed by atoms with E-state index in [2.05, 4.69) is 36.2 Å². The van der Waals surface area contributed by atoms with E-state index in [0.717, 1.165) is 0 Å². The third kappa shape index (κ3) is 54.2. The molecule has 0 atom stereocenters. The van der Waals surface area contributed by atoms with Gasteiger partial charge in [0.05, 0.1) is 0 Å². The molecule has 22 heteroatoms. The van der Waals surface area contributed by atoms with Gasteiger partial charge < -0.3 is 36.2 Å². The van der Waals surface area contributed by atoms with E-state index in [1.165, 1.54) is 83.5 Å². The van der Waals surface area contributed by atoms with Crippen LogP contribution in [-0.2, 0) is 71.5 Å². The maximum absolute atomic E-state index is 10.5. The Morgan fingerprint density at radius 1 is 0.471 bits per heavy atom. The van der Waals surface area contributed by atoms with E-state index in [1.807, 2.05) is 0 Å². The zero-order valence-corrected chi connectivity index (χ0v) is 26.4. The Labute approximate surface area is 214 Å². The molecule has 0 unspecified atom stereocenters. The Kier molecular flexibility index (Phi) is 34.9. The van der Waals surface area contributed by atoms with Gasteiger partial charge in [-0.2, -0.15) is 0 Å². The van der Waals surface area contributed by atoms with Crippen LogP contribution in [0.25, 0.3) is 0 Å². The molecule has 0 aliphatic rings. The molecule has 0 rings (SSSR count). The number of hydrogen-bond acceptors (Lipinski definition) is 16. The average molecular weight is 662 g/mol. The van der Waals surface area contributed by atoms with E-state index >= 15 is 0 Å². The van der Waals surface area contributed by atoms with Crippen LogP contribution in [0.1, 0.15) is 0 Å². The molecule has 1 radical (unpaired) electrons. The molecule has 3 N–H and O–H groups in total. The van der Waals surface area contributed by atoms with Crippen LogP contribution < -0.4 is 4.66 Å². The van der Waals surface area contributed by atoms with Crippen molar-refractivity contribution in [2.75, 3.05) is 83.5 Å². The number of hydrogen-bond donors (Lipinski definition) is 3. The Balaban J connectivity index is -0.0000000719. The minimum atomic E-state index is -4.19. The van der Waals surface area contributed by atoms with Gasteiger partial charge in [-0.05, 0) is 0 Å². The van der Waals surface area contributed by atoms with Crippen molar-refractivity contribution < 1.29 is 100 Å². The van der Waals surface area contributed by atoms with E-state index in [9.17, 15) is 18.3 Å². The molecule has 0 aromatic rings. The first kappa shape index (κ1) is 48.3. The number of halogens is 1. The zero-order valence-electron chi connectivity index (χ0n) is 21.1. The second kappa shape index (κ2) is 24.6. The summed E-state index contributed by atoms with van der Waals surface area (Å²) in [6.07, 6.45) is 0. The number of rotatable bonds is 8. The van der Waals surface area contributed by atoms with Crippen LogP contribution in [0.3, 0.4) is 0 Å². The Hall–Kier alpha value is 1.25. The Bertz CT molecular complexity index is 512. The van der Waals surface area contributed by atoms with Crippen molar-refractivity contribution >= 4 is 30.4 Å². The summed E-state index contributed by atoms with van der Waals surface area (Å²) in [4.78, 5) is 0. The molecular weight excluding hydrogens is 623 g/mol. The van der Waals surface area contributed by atoms with Gasteiger partial charge in [0.2, 0.25) is 0 Å². The fraction of sp³-hybridized carbons (Fsp3) is 1.00. The van der Waals surface area contributed by atoms with Crippen molar-refractivity contribution in [1.29, 1.82) is 0 Å². The molecule has 0 amide bonds. The standard InChI is InChI=1S/4C3H9O3P.ClH3O4.Cu/c4*1-5-7(3,4)6-2;2-1(3,4)5;/h4*1-3H3;2-4H;/q;;;;;+2. The molecule has 0 bridgehead atoms. The van der Waals surface area contributed by atoms with Crippen LogP contribution >= 0.6 is 30.4 Å². The van der Waals surface area contributed by atoms with Crippen LogP contribution in [0, 0.1) is 10.2 Å². The van der Waals surface area contributed by atoms with Crippen LogP contribution in [0.2, 0.25) is 0 Å². The second-order valence-electron chi connectivity index (χ2n) is 4.98. The third-order valence-corrected chi connectivity index (χ3v) is 7.96. The summed E-state index contributed by atoms with van der Waals surface area (Å²) in [5, 5.41) is 0. The Morgan fingerprint density at radius 2 is 0.529 bits per heavy atom. The molecule has 0 aliphatic heterocycles. The van der Waals surface area contributed by atoms with Gasteiger partial charge in [0, 0.05) is 83.5 Å². The molecule has 16 nitrogen and oxygen atoms in total. The van der Waals surface area contributed by atoms with Gasteiger partial charge in [-0.1, -0.05) is 0 Å². The van der Waals surface area contributed by atoms with Crippen molar-refractivity contribution in [3.8, 4) is 0 Å². The summed E-state index contributed by atoms with van der Waals surface area (Å²) in [5.41, 5.74) is 0. The normalized spacial score (nSPS) is 12.0. The van der Waals surface area contributed by atoms with Crippen LogP contribution in [0.15, 0.2) is 0 Å². The van der Waals surface area contributed by atoms with Gasteiger partial charge in [0.15, 0.2) is 0 Å². The molecular formula is C12H39ClCuO16P4+2. The zero-order chi connectivity index (χ0) is 28.2. The first-order valence-electron chi connectivity index (χ1n) is 7.91. The summed E-state index contributed by atoms with van der Waals surface area (Å²) in [6.45, 7) is 5.64. The van der Waals surface area contributed by atoms with Gasteiger partial charge >= 0.3 is 76.3 Å². The van der Waals surface area contributed by atoms with Crippen molar-refractivity contribution in [2.24, 2.45) is 0 Å². The molecule has 0 spiro atoms. The van der Waals surface area contributed by atoms with E-state index in [4.69, 9.17) is 18.6 Å². The molecule has 0 saturated heterocycles. The van der Waals surface area contributed by atoms with Crippen molar-refractivity contribution in [3.63, 3.8) is 0 Å². The third-order valence-electron chi connectivity index (χ3n) is 2.65. The average Bonchev–Trinajstić information content (AvgIpc) is 2.74. The SMILES string of the molecule is COP(C)(=O)OC.COP(C)(=O)OC.COP(C)(=O)OC.COP(C)(=O)OC.[Cu+2].[O-][Cl+](O)(O)O. The van der Waals surface area contributed by atoms with Crippen molar-refractivity contribution in [3.05, 3.63) is 0 Å².